The molecule has 5 heteroatoms. The number of rotatable bonds is 7. The van der Waals surface area contributed by atoms with Crippen LogP contribution in [0.5, 0.6) is 5.75 Å². The van der Waals surface area contributed by atoms with Crippen LogP contribution < -0.4 is 15.4 Å². The smallest absolute Gasteiger partial charge is 0.313 e. The van der Waals surface area contributed by atoms with Gasteiger partial charge in [0.25, 0.3) is 0 Å². The van der Waals surface area contributed by atoms with Crippen molar-refractivity contribution in [2.24, 2.45) is 0 Å². The summed E-state index contributed by atoms with van der Waals surface area (Å²) in [6.07, 6.45) is 0.931. The average molecular weight is 340 g/mol. The molecule has 25 heavy (non-hydrogen) atoms. The van der Waals surface area contributed by atoms with Crippen LogP contribution in [0.15, 0.2) is 54.6 Å². The summed E-state index contributed by atoms with van der Waals surface area (Å²) in [6.45, 7) is 5.09. The summed E-state index contributed by atoms with van der Waals surface area (Å²) in [6, 6.07) is 16.8. The molecule has 0 saturated heterocycles. The lowest BCUT2D eigenvalue weighted by Crippen LogP contribution is -2.37. The third-order valence-electron chi connectivity index (χ3n) is 3.73. The van der Waals surface area contributed by atoms with Gasteiger partial charge in [0, 0.05) is 12.2 Å². The minimum Gasteiger partial charge on any atom is -0.494 e. The summed E-state index contributed by atoms with van der Waals surface area (Å²) in [5.74, 6) is -0.453. The van der Waals surface area contributed by atoms with Gasteiger partial charge in [-0.2, -0.15) is 0 Å². The van der Waals surface area contributed by atoms with Gasteiger partial charge in [-0.1, -0.05) is 44.2 Å². The van der Waals surface area contributed by atoms with Crippen LogP contribution in [0.3, 0.4) is 0 Å². The molecule has 0 unspecified atom stereocenters. The fourth-order valence-corrected chi connectivity index (χ4v) is 2.27. The highest BCUT2D eigenvalue weighted by molar-refractivity contribution is 6.39. The highest BCUT2D eigenvalue weighted by Crippen LogP contribution is 2.16. The molecule has 5 nitrogen and oxygen atoms in total. The van der Waals surface area contributed by atoms with Crippen molar-refractivity contribution in [1.29, 1.82) is 0 Å². The zero-order valence-electron chi connectivity index (χ0n) is 14.6. The van der Waals surface area contributed by atoms with Crippen molar-refractivity contribution in [3.8, 4) is 5.75 Å². The molecular weight excluding hydrogens is 316 g/mol. The zero-order chi connectivity index (χ0) is 18.1. The Morgan fingerprint density at radius 2 is 1.68 bits per heavy atom. The predicted molar refractivity (Wildman–Crippen MR) is 98.7 cm³/mol. The lowest BCUT2D eigenvalue weighted by atomic mass is 10.0. The van der Waals surface area contributed by atoms with Gasteiger partial charge in [0.1, 0.15) is 5.75 Å². The molecule has 132 valence electrons. The Hall–Kier alpha value is -2.82. The van der Waals surface area contributed by atoms with Crippen LogP contribution in [-0.4, -0.2) is 25.0 Å². The van der Waals surface area contributed by atoms with Crippen molar-refractivity contribution in [1.82, 2.24) is 5.32 Å². The third-order valence-corrected chi connectivity index (χ3v) is 3.73. The topological polar surface area (TPSA) is 67.4 Å². The minimum atomic E-state index is -0.678. The number of carbonyl (C=O) groups excluding carboxylic acids is 2. The maximum atomic E-state index is 12.0. The Labute approximate surface area is 148 Å². The largest absolute Gasteiger partial charge is 0.494 e. The Kier molecular flexibility index (Phi) is 7.01. The Bertz CT molecular complexity index is 684. The van der Waals surface area contributed by atoms with E-state index < -0.39 is 11.8 Å². The van der Waals surface area contributed by atoms with Gasteiger partial charge in [-0.15, -0.1) is 0 Å². The number of nitrogens with one attached hydrogen (secondary N) is 2. The van der Waals surface area contributed by atoms with E-state index in [2.05, 4.69) is 10.6 Å². The molecule has 2 rings (SSSR count). The van der Waals surface area contributed by atoms with E-state index in [0.29, 0.717) is 18.8 Å². The van der Waals surface area contributed by atoms with Gasteiger partial charge in [0.05, 0.1) is 6.61 Å². The number of hydrogen-bond acceptors (Lipinski definition) is 3. The van der Waals surface area contributed by atoms with Crippen LogP contribution >= 0.6 is 0 Å². The Morgan fingerprint density at radius 1 is 1.00 bits per heavy atom. The van der Waals surface area contributed by atoms with E-state index in [4.69, 9.17) is 4.74 Å². The molecule has 0 spiro atoms. The first-order valence-electron chi connectivity index (χ1n) is 8.47. The van der Waals surface area contributed by atoms with Gasteiger partial charge in [-0.25, -0.2) is 0 Å². The van der Waals surface area contributed by atoms with Crippen molar-refractivity contribution in [3.05, 3.63) is 60.2 Å². The Morgan fingerprint density at radius 3 is 2.32 bits per heavy atom. The average Bonchev–Trinajstić information content (AvgIpc) is 2.65. The number of amides is 2. The summed E-state index contributed by atoms with van der Waals surface area (Å²) >= 11 is 0. The minimum absolute atomic E-state index is 0.132. The van der Waals surface area contributed by atoms with Gasteiger partial charge < -0.3 is 15.4 Å². The summed E-state index contributed by atoms with van der Waals surface area (Å²) in [5.41, 5.74) is 1.67. The van der Waals surface area contributed by atoms with Crippen molar-refractivity contribution < 1.29 is 14.3 Å². The van der Waals surface area contributed by atoms with Gasteiger partial charge in [-0.3, -0.25) is 9.59 Å². The number of hydrogen-bond donors (Lipinski definition) is 2. The fourth-order valence-electron chi connectivity index (χ4n) is 2.27. The highest BCUT2D eigenvalue weighted by atomic mass is 16.5. The van der Waals surface area contributed by atoms with Crippen LogP contribution in [0.25, 0.3) is 0 Å². The normalized spacial score (nSPS) is 11.4. The molecule has 0 saturated carbocycles. The second kappa shape index (κ2) is 9.47. The molecule has 2 amide bonds. The summed E-state index contributed by atoms with van der Waals surface area (Å²) in [4.78, 5) is 23.9. The van der Waals surface area contributed by atoms with Crippen molar-refractivity contribution in [2.75, 3.05) is 18.5 Å². The summed E-state index contributed by atoms with van der Waals surface area (Å²) < 4.78 is 5.48. The van der Waals surface area contributed by atoms with Crippen LogP contribution in [0, 0.1) is 0 Å². The molecule has 0 fully saturated rings. The SMILES string of the molecule is CCCOc1ccc(NC(=O)C(=O)NC[C@H](C)c2ccccc2)cc1. The number of carbonyl (C=O) groups is 2. The molecule has 0 aliphatic heterocycles. The molecule has 0 aliphatic rings. The molecule has 0 aromatic heterocycles. The third kappa shape index (κ3) is 5.95. The van der Waals surface area contributed by atoms with E-state index in [-0.39, 0.29) is 5.92 Å². The van der Waals surface area contributed by atoms with E-state index in [9.17, 15) is 9.59 Å². The fraction of sp³-hybridized carbons (Fsp3) is 0.300. The molecule has 2 aromatic carbocycles. The van der Waals surface area contributed by atoms with Crippen LogP contribution in [-0.2, 0) is 9.59 Å². The van der Waals surface area contributed by atoms with Crippen LogP contribution in [0.2, 0.25) is 0 Å². The van der Waals surface area contributed by atoms with Gasteiger partial charge >= 0.3 is 11.8 Å². The first-order chi connectivity index (χ1) is 12.1. The quantitative estimate of drug-likeness (QED) is 0.760. The molecule has 2 aromatic rings. The van der Waals surface area contributed by atoms with Gasteiger partial charge in [0.15, 0.2) is 0 Å². The Balaban J connectivity index is 1.80. The molecule has 2 N–H and O–H groups in total. The molecule has 0 heterocycles. The highest BCUT2D eigenvalue weighted by Gasteiger charge is 2.15. The molecule has 0 aliphatic carbocycles. The maximum absolute atomic E-state index is 12.0. The molecule has 1 atom stereocenters. The van der Waals surface area contributed by atoms with E-state index in [0.717, 1.165) is 17.7 Å². The van der Waals surface area contributed by atoms with E-state index >= 15 is 0 Å². The predicted octanol–water partition coefficient (Wildman–Crippen LogP) is 3.33. The van der Waals surface area contributed by atoms with E-state index in [1.54, 1.807) is 24.3 Å². The van der Waals surface area contributed by atoms with Crippen LogP contribution in [0.1, 0.15) is 31.7 Å². The van der Waals surface area contributed by atoms with Crippen molar-refractivity contribution in [2.45, 2.75) is 26.2 Å². The van der Waals surface area contributed by atoms with Gasteiger partial charge in [-0.05, 0) is 42.2 Å². The number of anilines is 1. The standard InChI is InChI=1S/C20H24N2O3/c1-3-13-25-18-11-9-17(10-12-18)22-20(24)19(23)21-14-15(2)16-7-5-4-6-8-16/h4-12,15H,3,13-14H2,1-2H3,(H,21,23)(H,22,24)/t15-/m0/s1. The second-order valence-corrected chi connectivity index (χ2v) is 5.85. The van der Waals surface area contributed by atoms with E-state index in [1.807, 2.05) is 44.2 Å². The van der Waals surface area contributed by atoms with E-state index in [1.165, 1.54) is 0 Å². The zero-order valence-corrected chi connectivity index (χ0v) is 14.6. The summed E-state index contributed by atoms with van der Waals surface area (Å²) in [5, 5.41) is 5.25. The maximum Gasteiger partial charge on any atom is 0.313 e. The molecule has 0 radical (unpaired) electrons. The van der Waals surface area contributed by atoms with Crippen molar-refractivity contribution >= 4 is 17.5 Å². The van der Waals surface area contributed by atoms with Gasteiger partial charge in [0.2, 0.25) is 0 Å². The van der Waals surface area contributed by atoms with Crippen LogP contribution in [0.4, 0.5) is 5.69 Å². The van der Waals surface area contributed by atoms with Crippen molar-refractivity contribution in [3.63, 3.8) is 0 Å². The summed E-state index contributed by atoms with van der Waals surface area (Å²) in [7, 11) is 0. The lowest BCUT2D eigenvalue weighted by molar-refractivity contribution is -0.136. The first-order valence-corrected chi connectivity index (χ1v) is 8.47. The number of benzene rings is 2. The molecular formula is C20H24N2O3. The first kappa shape index (κ1) is 18.5. The monoisotopic (exact) mass is 340 g/mol. The lowest BCUT2D eigenvalue weighted by Gasteiger charge is -2.13. The molecule has 0 bridgehead atoms. The number of ether oxygens (including phenoxy) is 1. The second-order valence-electron chi connectivity index (χ2n) is 5.85.